The number of benzene rings is 2. The summed E-state index contributed by atoms with van der Waals surface area (Å²) >= 11 is 2.91. The lowest BCUT2D eigenvalue weighted by Gasteiger charge is -2.14. The molecule has 25 heavy (non-hydrogen) atoms. The van der Waals surface area contributed by atoms with Crippen LogP contribution < -0.4 is 9.88 Å². The van der Waals surface area contributed by atoms with E-state index in [1.165, 1.54) is 23.1 Å². The Morgan fingerprint density at radius 2 is 1.96 bits per heavy atom. The Bertz CT molecular complexity index is 982. The summed E-state index contributed by atoms with van der Waals surface area (Å²) in [5.74, 6) is 1.09. The first-order valence-corrected chi connectivity index (χ1v) is 10.9. The fourth-order valence-corrected chi connectivity index (χ4v) is 5.96. The van der Waals surface area contributed by atoms with Crippen molar-refractivity contribution in [3.63, 3.8) is 0 Å². The van der Waals surface area contributed by atoms with E-state index in [0.717, 1.165) is 25.9 Å². The Hall–Kier alpha value is -1.61. The van der Waals surface area contributed by atoms with Crippen LogP contribution in [0.5, 0.6) is 5.75 Å². The number of hydrogen-bond acceptors (Lipinski definition) is 6. The highest BCUT2D eigenvalue weighted by atomic mass is 32.2. The van der Waals surface area contributed by atoms with Gasteiger partial charge in [0.05, 0.1) is 17.3 Å². The normalized spacial score (nSPS) is 13.1. The molecule has 2 aromatic carbocycles. The van der Waals surface area contributed by atoms with Crippen LogP contribution in [-0.2, 0) is 10.0 Å². The predicted octanol–water partition coefficient (Wildman–Crippen LogP) is 3.74. The maximum atomic E-state index is 12.0. The summed E-state index contributed by atoms with van der Waals surface area (Å²) in [6, 6.07) is 13.1. The quantitative estimate of drug-likeness (QED) is 0.644. The Labute approximate surface area is 155 Å². The molecular formula is C17H18N2O3S3. The topological polar surface area (TPSA) is 82.3 Å². The zero-order valence-corrected chi connectivity index (χ0v) is 16.2. The van der Waals surface area contributed by atoms with Gasteiger partial charge in [-0.1, -0.05) is 41.6 Å². The third kappa shape index (κ3) is 4.33. The van der Waals surface area contributed by atoms with Gasteiger partial charge in [-0.05, 0) is 30.7 Å². The zero-order valence-electron chi connectivity index (χ0n) is 13.8. The smallest absolute Gasteiger partial charge is 0.216 e. The van der Waals surface area contributed by atoms with Gasteiger partial charge < -0.3 is 4.74 Å². The largest absolute Gasteiger partial charge is 0.497 e. The number of aromatic nitrogens is 1. The molecule has 8 heteroatoms. The van der Waals surface area contributed by atoms with Gasteiger partial charge in [0.25, 0.3) is 0 Å². The van der Waals surface area contributed by atoms with E-state index in [1.54, 1.807) is 7.11 Å². The number of nitrogens with two attached hydrogens (primary N) is 1. The first kappa shape index (κ1) is 18.2. The molecule has 5 nitrogen and oxygen atoms in total. The van der Waals surface area contributed by atoms with Crippen LogP contribution in [0, 0.1) is 6.92 Å². The van der Waals surface area contributed by atoms with Crippen molar-refractivity contribution in [1.29, 1.82) is 0 Å². The van der Waals surface area contributed by atoms with Gasteiger partial charge in [0.15, 0.2) is 4.34 Å². The first-order chi connectivity index (χ1) is 11.9. The minimum atomic E-state index is -3.71. The molecule has 0 aliphatic heterocycles. The van der Waals surface area contributed by atoms with E-state index in [9.17, 15) is 8.42 Å². The molecule has 1 aromatic heterocycles. The van der Waals surface area contributed by atoms with Gasteiger partial charge in [-0.15, -0.1) is 11.3 Å². The number of sulfonamides is 1. The van der Waals surface area contributed by atoms with E-state index in [2.05, 4.69) is 4.98 Å². The van der Waals surface area contributed by atoms with Gasteiger partial charge in [0.1, 0.15) is 11.0 Å². The number of primary sulfonamides is 1. The number of thiazole rings is 1. The second kappa shape index (κ2) is 7.33. The van der Waals surface area contributed by atoms with Crippen molar-refractivity contribution in [2.24, 2.45) is 5.14 Å². The molecule has 0 radical (unpaired) electrons. The van der Waals surface area contributed by atoms with E-state index in [1.807, 2.05) is 49.4 Å². The molecule has 3 rings (SSSR count). The Balaban J connectivity index is 1.82. The Morgan fingerprint density at radius 1 is 1.24 bits per heavy atom. The molecule has 2 N–H and O–H groups in total. The van der Waals surface area contributed by atoms with Crippen LogP contribution in [0.2, 0.25) is 0 Å². The third-order valence-corrected chi connectivity index (χ3v) is 7.48. The number of fused-ring (bicyclic) bond motifs is 1. The Morgan fingerprint density at radius 3 is 2.60 bits per heavy atom. The molecule has 0 fully saturated rings. The van der Waals surface area contributed by atoms with Crippen molar-refractivity contribution in [3.8, 4) is 5.75 Å². The molecule has 0 aliphatic rings. The third-order valence-electron chi connectivity index (χ3n) is 3.78. The molecule has 0 aliphatic carbocycles. The molecular weight excluding hydrogens is 376 g/mol. The average molecular weight is 395 g/mol. The van der Waals surface area contributed by atoms with E-state index >= 15 is 0 Å². The van der Waals surface area contributed by atoms with Gasteiger partial charge in [-0.3, -0.25) is 0 Å². The fraction of sp³-hybridized carbons (Fsp3) is 0.235. The van der Waals surface area contributed by atoms with E-state index in [-0.39, 0.29) is 0 Å². The van der Waals surface area contributed by atoms with Crippen LogP contribution >= 0.6 is 23.1 Å². The zero-order chi connectivity index (χ0) is 18.0. The summed E-state index contributed by atoms with van der Waals surface area (Å²) in [5.41, 5.74) is 2.64. The van der Waals surface area contributed by atoms with Crippen LogP contribution in [0.4, 0.5) is 0 Å². The molecule has 1 heterocycles. The van der Waals surface area contributed by atoms with Crippen molar-refractivity contribution in [3.05, 3.63) is 53.6 Å². The second-order valence-corrected chi connectivity index (χ2v) is 9.66. The highest BCUT2D eigenvalue weighted by Crippen LogP contribution is 2.35. The van der Waals surface area contributed by atoms with Crippen molar-refractivity contribution in [1.82, 2.24) is 4.98 Å². The lowest BCUT2D eigenvalue weighted by atomic mass is 10.1. The highest BCUT2D eigenvalue weighted by Gasteiger charge is 2.24. The minimum Gasteiger partial charge on any atom is -0.497 e. The van der Waals surface area contributed by atoms with Crippen molar-refractivity contribution in [2.75, 3.05) is 12.9 Å². The van der Waals surface area contributed by atoms with Crippen LogP contribution in [0.15, 0.2) is 46.8 Å². The number of thioether (sulfide) groups is 1. The number of nitrogens with zero attached hydrogens (tertiary/aromatic N) is 1. The lowest BCUT2D eigenvalue weighted by molar-refractivity contribution is 0.415. The first-order valence-electron chi connectivity index (χ1n) is 7.52. The number of rotatable bonds is 6. The number of aryl methyl sites for hydroxylation is 1. The second-order valence-electron chi connectivity index (χ2n) is 5.61. The standard InChI is InChI=1S/C17H18N2O3S3/c1-11-3-5-12(6-4-11)16(25(18,20)21)10-23-17-19-14-8-7-13(22-2)9-15(14)24-17/h3-9,16H,10H2,1-2H3,(H2,18,20,21). The summed E-state index contributed by atoms with van der Waals surface area (Å²) in [6.45, 7) is 1.96. The molecule has 0 spiro atoms. The molecule has 132 valence electrons. The van der Waals surface area contributed by atoms with Crippen molar-refractivity contribution in [2.45, 2.75) is 16.5 Å². The van der Waals surface area contributed by atoms with Gasteiger partial charge in [-0.25, -0.2) is 18.5 Å². The molecule has 1 unspecified atom stereocenters. The van der Waals surface area contributed by atoms with Gasteiger partial charge >= 0.3 is 0 Å². The predicted molar refractivity (Wildman–Crippen MR) is 104 cm³/mol. The SMILES string of the molecule is COc1ccc2nc(SCC(c3ccc(C)cc3)S(N)(=O)=O)sc2c1. The van der Waals surface area contributed by atoms with Crippen LogP contribution in [0.3, 0.4) is 0 Å². The molecule has 3 aromatic rings. The monoisotopic (exact) mass is 394 g/mol. The van der Waals surface area contributed by atoms with Crippen LogP contribution in [0.25, 0.3) is 10.2 Å². The minimum absolute atomic E-state index is 0.318. The number of ether oxygens (including phenoxy) is 1. The van der Waals surface area contributed by atoms with Gasteiger partial charge in [0.2, 0.25) is 10.0 Å². The van der Waals surface area contributed by atoms with Crippen LogP contribution in [-0.4, -0.2) is 26.3 Å². The molecule has 0 saturated carbocycles. The summed E-state index contributed by atoms with van der Waals surface area (Å²) in [7, 11) is -2.08. The van der Waals surface area contributed by atoms with E-state index < -0.39 is 15.3 Å². The average Bonchev–Trinajstić information content (AvgIpc) is 2.97. The van der Waals surface area contributed by atoms with Crippen molar-refractivity contribution < 1.29 is 13.2 Å². The summed E-state index contributed by atoms with van der Waals surface area (Å²) in [6.07, 6.45) is 0. The van der Waals surface area contributed by atoms with E-state index in [4.69, 9.17) is 9.88 Å². The molecule has 0 amide bonds. The summed E-state index contributed by atoms with van der Waals surface area (Å²) in [4.78, 5) is 4.54. The van der Waals surface area contributed by atoms with Crippen molar-refractivity contribution >= 4 is 43.3 Å². The van der Waals surface area contributed by atoms with Gasteiger partial charge in [0, 0.05) is 5.75 Å². The van der Waals surface area contributed by atoms with E-state index in [0.29, 0.717) is 11.3 Å². The molecule has 0 bridgehead atoms. The molecule has 1 atom stereocenters. The fourth-order valence-electron chi connectivity index (χ4n) is 2.38. The number of hydrogen-bond donors (Lipinski definition) is 1. The number of methoxy groups -OCH3 is 1. The van der Waals surface area contributed by atoms with Gasteiger partial charge in [-0.2, -0.15) is 0 Å². The highest BCUT2D eigenvalue weighted by molar-refractivity contribution is 8.02. The van der Waals surface area contributed by atoms with Crippen LogP contribution in [0.1, 0.15) is 16.4 Å². The Kier molecular flexibility index (Phi) is 5.33. The lowest BCUT2D eigenvalue weighted by Crippen LogP contribution is -2.23. The molecule has 0 saturated heterocycles. The maximum Gasteiger partial charge on any atom is 0.216 e. The maximum absolute atomic E-state index is 12.0. The summed E-state index contributed by atoms with van der Waals surface area (Å²) in [5, 5.41) is 4.69. The summed E-state index contributed by atoms with van der Waals surface area (Å²) < 4.78 is 31.1.